The third kappa shape index (κ3) is 4.45. The average Bonchev–Trinajstić information content (AvgIpc) is 2.70. The van der Waals surface area contributed by atoms with Gasteiger partial charge in [-0.25, -0.2) is 9.97 Å². The molecule has 0 saturated carbocycles. The first-order valence-electron chi connectivity index (χ1n) is 7.97. The van der Waals surface area contributed by atoms with Crippen molar-refractivity contribution < 1.29 is 14.3 Å². The fourth-order valence-electron chi connectivity index (χ4n) is 2.31. The number of hydrogen-bond donors (Lipinski definition) is 2. The van der Waals surface area contributed by atoms with Gasteiger partial charge in [-0.15, -0.1) is 0 Å². The summed E-state index contributed by atoms with van der Waals surface area (Å²) in [5.41, 5.74) is 1.62. The number of nitrogens with zero attached hydrogens (tertiary/aromatic N) is 2. The van der Waals surface area contributed by atoms with E-state index in [0.29, 0.717) is 39.4 Å². The van der Waals surface area contributed by atoms with E-state index in [9.17, 15) is 4.79 Å². The van der Waals surface area contributed by atoms with Crippen molar-refractivity contribution in [3.8, 4) is 11.5 Å². The van der Waals surface area contributed by atoms with Crippen molar-refractivity contribution in [3.05, 3.63) is 65.4 Å². The van der Waals surface area contributed by atoms with Crippen LogP contribution in [0.2, 0.25) is 5.02 Å². The molecule has 2 aromatic carbocycles. The maximum atomic E-state index is 12.2. The molecule has 0 unspecified atom stereocenters. The first-order valence-corrected chi connectivity index (χ1v) is 8.35. The summed E-state index contributed by atoms with van der Waals surface area (Å²) in [5.74, 6) is 1.00. The SMILES string of the molecule is COc1cc(Nc2ncc(C(=O)Nc3ccccc3)cn2)c(OC)cc1Cl. The highest BCUT2D eigenvalue weighted by molar-refractivity contribution is 6.32. The van der Waals surface area contributed by atoms with Gasteiger partial charge < -0.3 is 20.1 Å². The Labute approximate surface area is 161 Å². The molecular formula is C19H17ClN4O3. The second-order valence-corrected chi connectivity index (χ2v) is 5.83. The molecule has 0 spiro atoms. The third-order valence-electron chi connectivity index (χ3n) is 3.67. The van der Waals surface area contributed by atoms with Gasteiger partial charge in [-0.1, -0.05) is 29.8 Å². The summed E-state index contributed by atoms with van der Waals surface area (Å²) in [5, 5.41) is 6.22. The number of aromatic nitrogens is 2. The van der Waals surface area contributed by atoms with Crippen LogP contribution in [0.1, 0.15) is 10.4 Å². The van der Waals surface area contributed by atoms with E-state index in [-0.39, 0.29) is 5.91 Å². The van der Waals surface area contributed by atoms with Crippen LogP contribution in [0.3, 0.4) is 0 Å². The fourth-order valence-corrected chi connectivity index (χ4v) is 2.54. The smallest absolute Gasteiger partial charge is 0.258 e. The van der Waals surface area contributed by atoms with Crippen molar-refractivity contribution in [2.75, 3.05) is 24.9 Å². The number of benzene rings is 2. The topological polar surface area (TPSA) is 85.4 Å². The van der Waals surface area contributed by atoms with Crippen molar-refractivity contribution >= 4 is 34.8 Å². The number of carbonyl (C=O) groups excluding carboxylic acids is 1. The maximum absolute atomic E-state index is 12.2. The van der Waals surface area contributed by atoms with Gasteiger partial charge in [0.2, 0.25) is 5.95 Å². The number of nitrogens with one attached hydrogen (secondary N) is 2. The van der Waals surface area contributed by atoms with Gasteiger partial charge in [0, 0.05) is 30.2 Å². The van der Waals surface area contributed by atoms with Crippen LogP contribution in [0, 0.1) is 0 Å². The summed E-state index contributed by atoms with van der Waals surface area (Å²) in [6.45, 7) is 0. The van der Waals surface area contributed by atoms with E-state index < -0.39 is 0 Å². The van der Waals surface area contributed by atoms with Gasteiger partial charge in [0.15, 0.2) is 0 Å². The first-order chi connectivity index (χ1) is 13.1. The Kier molecular flexibility index (Phi) is 5.73. The van der Waals surface area contributed by atoms with Crippen molar-refractivity contribution in [2.24, 2.45) is 0 Å². The molecule has 0 aliphatic rings. The van der Waals surface area contributed by atoms with Crippen LogP contribution in [0.5, 0.6) is 11.5 Å². The minimum absolute atomic E-state index is 0.293. The minimum Gasteiger partial charge on any atom is -0.495 e. The lowest BCUT2D eigenvalue weighted by molar-refractivity contribution is 0.102. The Morgan fingerprint density at radius 3 is 2.30 bits per heavy atom. The normalized spacial score (nSPS) is 10.2. The number of rotatable bonds is 6. The summed E-state index contributed by atoms with van der Waals surface area (Å²) in [6, 6.07) is 12.5. The lowest BCUT2D eigenvalue weighted by atomic mass is 10.2. The van der Waals surface area contributed by atoms with Crippen molar-refractivity contribution in [3.63, 3.8) is 0 Å². The van der Waals surface area contributed by atoms with Crippen LogP contribution in [0.4, 0.5) is 17.3 Å². The molecular weight excluding hydrogens is 368 g/mol. The molecule has 1 heterocycles. The molecule has 3 aromatic rings. The molecule has 1 amide bonds. The number of carbonyl (C=O) groups is 1. The Balaban J connectivity index is 1.75. The summed E-state index contributed by atoms with van der Waals surface area (Å²) in [6.07, 6.45) is 2.88. The van der Waals surface area contributed by atoms with Gasteiger partial charge in [0.05, 0.1) is 30.5 Å². The quantitative estimate of drug-likeness (QED) is 0.664. The number of hydrogen-bond acceptors (Lipinski definition) is 6. The van der Waals surface area contributed by atoms with Crippen LogP contribution >= 0.6 is 11.6 Å². The molecule has 0 radical (unpaired) electrons. The Hall–Kier alpha value is -3.32. The molecule has 0 saturated heterocycles. The standard InChI is InChI=1S/C19H17ClN4O3/c1-26-16-9-15(17(27-2)8-14(16)20)24-19-21-10-12(11-22-19)18(25)23-13-6-4-3-5-7-13/h3-11H,1-2H3,(H,23,25)(H,21,22,24). The number of para-hydroxylation sites is 1. The van der Waals surface area contributed by atoms with Gasteiger partial charge in [-0.3, -0.25) is 4.79 Å². The molecule has 0 atom stereocenters. The van der Waals surface area contributed by atoms with E-state index in [1.807, 2.05) is 18.2 Å². The molecule has 1 aromatic heterocycles. The van der Waals surface area contributed by atoms with E-state index >= 15 is 0 Å². The van der Waals surface area contributed by atoms with Crippen LogP contribution in [-0.4, -0.2) is 30.1 Å². The predicted octanol–water partition coefficient (Wildman–Crippen LogP) is 4.14. The van der Waals surface area contributed by atoms with Crippen molar-refractivity contribution in [2.45, 2.75) is 0 Å². The molecule has 8 heteroatoms. The number of halogens is 1. The molecule has 27 heavy (non-hydrogen) atoms. The molecule has 0 aliphatic heterocycles. The van der Waals surface area contributed by atoms with Gasteiger partial charge in [0.1, 0.15) is 11.5 Å². The van der Waals surface area contributed by atoms with Crippen LogP contribution in [0.15, 0.2) is 54.9 Å². The summed E-state index contributed by atoms with van der Waals surface area (Å²) in [7, 11) is 3.05. The van der Waals surface area contributed by atoms with Crippen LogP contribution in [0.25, 0.3) is 0 Å². The molecule has 3 rings (SSSR count). The van der Waals surface area contributed by atoms with E-state index in [1.54, 1.807) is 24.3 Å². The highest BCUT2D eigenvalue weighted by Gasteiger charge is 2.12. The zero-order valence-electron chi connectivity index (χ0n) is 14.7. The Morgan fingerprint density at radius 2 is 1.67 bits per heavy atom. The number of anilines is 3. The van der Waals surface area contributed by atoms with Crippen LogP contribution in [-0.2, 0) is 0 Å². The van der Waals surface area contributed by atoms with Crippen molar-refractivity contribution in [1.82, 2.24) is 9.97 Å². The lowest BCUT2D eigenvalue weighted by Gasteiger charge is -2.13. The van der Waals surface area contributed by atoms with Crippen LogP contribution < -0.4 is 20.1 Å². The van der Waals surface area contributed by atoms with E-state index in [0.717, 1.165) is 0 Å². The Bertz CT molecular complexity index is 934. The minimum atomic E-state index is -0.293. The van der Waals surface area contributed by atoms with Crippen molar-refractivity contribution in [1.29, 1.82) is 0 Å². The summed E-state index contributed by atoms with van der Waals surface area (Å²) >= 11 is 6.10. The number of methoxy groups -OCH3 is 2. The zero-order chi connectivity index (χ0) is 19.2. The van der Waals surface area contributed by atoms with E-state index in [1.165, 1.54) is 26.6 Å². The Morgan fingerprint density at radius 1 is 1.00 bits per heavy atom. The molecule has 0 aliphatic carbocycles. The molecule has 0 fully saturated rings. The predicted molar refractivity (Wildman–Crippen MR) is 104 cm³/mol. The number of ether oxygens (including phenoxy) is 2. The van der Waals surface area contributed by atoms with E-state index in [2.05, 4.69) is 20.6 Å². The van der Waals surface area contributed by atoms with E-state index in [4.69, 9.17) is 21.1 Å². The average molecular weight is 385 g/mol. The molecule has 7 nitrogen and oxygen atoms in total. The molecule has 0 bridgehead atoms. The molecule has 2 N–H and O–H groups in total. The lowest BCUT2D eigenvalue weighted by Crippen LogP contribution is -2.13. The van der Waals surface area contributed by atoms with Gasteiger partial charge >= 0.3 is 0 Å². The molecule has 138 valence electrons. The fraction of sp³-hybridized carbons (Fsp3) is 0.105. The maximum Gasteiger partial charge on any atom is 0.258 e. The monoisotopic (exact) mass is 384 g/mol. The number of amides is 1. The van der Waals surface area contributed by atoms with Gasteiger partial charge in [-0.2, -0.15) is 0 Å². The summed E-state index contributed by atoms with van der Waals surface area (Å²) in [4.78, 5) is 20.6. The third-order valence-corrected chi connectivity index (χ3v) is 3.96. The zero-order valence-corrected chi connectivity index (χ0v) is 15.4. The first kappa shape index (κ1) is 18.5. The highest BCUT2D eigenvalue weighted by Crippen LogP contribution is 2.36. The second kappa shape index (κ2) is 8.37. The van der Waals surface area contributed by atoms with Gasteiger partial charge in [0.25, 0.3) is 5.91 Å². The van der Waals surface area contributed by atoms with Gasteiger partial charge in [-0.05, 0) is 12.1 Å². The summed E-state index contributed by atoms with van der Waals surface area (Å²) < 4.78 is 10.5. The second-order valence-electron chi connectivity index (χ2n) is 5.43. The largest absolute Gasteiger partial charge is 0.495 e. The highest BCUT2D eigenvalue weighted by atomic mass is 35.5.